The Kier molecular flexibility index (Phi) is 10.1. The lowest BCUT2D eigenvalue weighted by atomic mass is 10.2. The molecule has 0 aromatic rings. The molecular weight excluding hydrogens is 345 g/mol. The zero-order valence-electron chi connectivity index (χ0n) is 10.9. The molecule has 1 aliphatic rings. The van der Waals surface area contributed by atoms with Gasteiger partial charge >= 0.3 is 0 Å². The molecule has 0 bridgehead atoms. The molecule has 1 rings (SSSR count). The van der Waals surface area contributed by atoms with Gasteiger partial charge in [0.2, 0.25) is 0 Å². The third-order valence-electron chi connectivity index (χ3n) is 2.60. The first kappa shape index (κ1) is 17.1. The minimum atomic E-state index is 0. The van der Waals surface area contributed by atoms with E-state index in [0.717, 1.165) is 31.9 Å². The molecular formula is C12H24IN3S. The summed E-state index contributed by atoms with van der Waals surface area (Å²) >= 11 is 1.85. The Balaban J connectivity index is 0.00000256. The lowest BCUT2D eigenvalue weighted by Crippen LogP contribution is -2.42. The van der Waals surface area contributed by atoms with Gasteiger partial charge in [-0.25, -0.2) is 0 Å². The Morgan fingerprint density at radius 1 is 1.47 bits per heavy atom. The molecule has 1 aliphatic carbocycles. The predicted octanol–water partition coefficient (Wildman–Crippen LogP) is 2.63. The molecule has 0 aromatic carbocycles. The van der Waals surface area contributed by atoms with Gasteiger partial charge in [-0.15, -0.1) is 24.0 Å². The van der Waals surface area contributed by atoms with Crippen LogP contribution in [0, 0.1) is 0 Å². The minimum absolute atomic E-state index is 0. The summed E-state index contributed by atoms with van der Waals surface area (Å²) in [5.41, 5.74) is 0. The Morgan fingerprint density at radius 3 is 2.65 bits per heavy atom. The van der Waals surface area contributed by atoms with Gasteiger partial charge in [-0.1, -0.05) is 19.1 Å². The van der Waals surface area contributed by atoms with Crippen molar-refractivity contribution in [3.63, 3.8) is 0 Å². The summed E-state index contributed by atoms with van der Waals surface area (Å²) in [6, 6.07) is 0.530. The van der Waals surface area contributed by atoms with E-state index in [1.807, 2.05) is 11.8 Å². The number of nitrogens with zero attached hydrogens (tertiary/aromatic N) is 1. The molecule has 1 unspecified atom stereocenters. The van der Waals surface area contributed by atoms with Crippen LogP contribution in [0.4, 0.5) is 0 Å². The van der Waals surface area contributed by atoms with Crippen LogP contribution in [0.25, 0.3) is 0 Å². The minimum Gasteiger partial charge on any atom is -0.357 e. The summed E-state index contributed by atoms with van der Waals surface area (Å²) in [5, 5.41) is 7.33. The number of hydrogen-bond donors (Lipinski definition) is 2. The van der Waals surface area contributed by atoms with Crippen LogP contribution in [-0.4, -0.2) is 36.6 Å². The molecule has 0 heterocycles. The molecule has 0 aromatic heterocycles. The highest BCUT2D eigenvalue weighted by Gasteiger charge is 2.11. The molecule has 0 amide bonds. The largest absolute Gasteiger partial charge is 0.357 e. The second kappa shape index (κ2) is 10.1. The van der Waals surface area contributed by atoms with E-state index in [1.165, 1.54) is 0 Å². The molecule has 2 N–H and O–H groups in total. The summed E-state index contributed by atoms with van der Waals surface area (Å²) in [4.78, 5) is 4.59. The highest BCUT2D eigenvalue weighted by molar-refractivity contribution is 14.0. The van der Waals surface area contributed by atoms with Gasteiger partial charge in [0, 0.05) is 17.8 Å². The number of rotatable bonds is 5. The molecule has 0 saturated heterocycles. The van der Waals surface area contributed by atoms with Gasteiger partial charge in [-0.3, -0.25) is 4.99 Å². The first-order valence-electron chi connectivity index (χ1n) is 5.99. The van der Waals surface area contributed by atoms with Gasteiger partial charge in [-0.2, -0.15) is 11.8 Å². The Hall–Kier alpha value is 0.0900. The van der Waals surface area contributed by atoms with E-state index in [2.05, 4.69) is 47.9 Å². The third-order valence-corrected chi connectivity index (χ3v) is 3.56. The quantitative estimate of drug-likeness (QED) is 0.339. The second-order valence-electron chi connectivity index (χ2n) is 4.05. The van der Waals surface area contributed by atoms with Gasteiger partial charge in [0.25, 0.3) is 0 Å². The van der Waals surface area contributed by atoms with E-state index in [-0.39, 0.29) is 24.0 Å². The van der Waals surface area contributed by atoms with Crippen molar-refractivity contribution in [2.75, 3.05) is 19.3 Å². The maximum absolute atomic E-state index is 4.59. The highest BCUT2D eigenvalue weighted by Crippen LogP contribution is 2.09. The van der Waals surface area contributed by atoms with E-state index >= 15 is 0 Å². The average molecular weight is 369 g/mol. The molecule has 5 heteroatoms. The molecule has 0 spiro atoms. The maximum Gasteiger partial charge on any atom is 0.191 e. The van der Waals surface area contributed by atoms with Crippen molar-refractivity contribution in [1.29, 1.82) is 0 Å². The molecule has 0 radical (unpaired) electrons. The van der Waals surface area contributed by atoms with Crippen LogP contribution in [0.1, 0.15) is 26.7 Å². The van der Waals surface area contributed by atoms with Crippen LogP contribution in [-0.2, 0) is 0 Å². The van der Waals surface area contributed by atoms with E-state index in [0.29, 0.717) is 11.3 Å². The van der Waals surface area contributed by atoms with Crippen LogP contribution in [0.3, 0.4) is 0 Å². The van der Waals surface area contributed by atoms with Crippen molar-refractivity contribution >= 4 is 41.7 Å². The third kappa shape index (κ3) is 7.18. The van der Waals surface area contributed by atoms with E-state index < -0.39 is 0 Å². The van der Waals surface area contributed by atoms with Gasteiger partial charge in [0.1, 0.15) is 0 Å². The summed E-state index contributed by atoms with van der Waals surface area (Å²) in [5.74, 6) is 0.956. The van der Waals surface area contributed by atoms with Crippen LogP contribution < -0.4 is 10.6 Å². The fourth-order valence-electron chi connectivity index (χ4n) is 1.54. The first-order chi connectivity index (χ1) is 7.76. The Bertz CT molecular complexity index is 248. The smallest absolute Gasteiger partial charge is 0.191 e. The Labute approximate surface area is 126 Å². The van der Waals surface area contributed by atoms with E-state index in [9.17, 15) is 0 Å². The van der Waals surface area contributed by atoms with Gasteiger partial charge in [0.15, 0.2) is 5.96 Å². The van der Waals surface area contributed by atoms with Crippen molar-refractivity contribution < 1.29 is 0 Å². The van der Waals surface area contributed by atoms with Crippen molar-refractivity contribution in [2.45, 2.75) is 38.0 Å². The van der Waals surface area contributed by atoms with Crippen LogP contribution in [0.2, 0.25) is 0 Å². The first-order valence-corrected chi connectivity index (χ1v) is 7.27. The van der Waals surface area contributed by atoms with Gasteiger partial charge in [0.05, 0.1) is 6.54 Å². The monoisotopic (exact) mass is 369 g/mol. The van der Waals surface area contributed by atoms with E-state index in [1.54, 1.807) is 0 Å². The van der Waals surface area contributed by atoms with Gasteiger partial charge in [-0.05, 0) is 26.0 Å². The highest BCUT2D eigenvalue weighted by atomic mass is 127. The number of hydrogen-bond acceptors (Lipinski definition) is 2. The maximum atomic E-state index is 4.59. The topological polar surface area (TPSA) is 36.4 Å². The number of thioether (sulfide) groups is 1. The SMILES string of the molecule is CCNC(=NCC(C)SC)NC1CC=CC1.I. The number of guanidine groups is 1. The standard InChI is InChI=1S/C12H23N3S.HI/c1-4-13-12(14-9-10(2)16-3)15-11-7-5-6-8-11;/h5-6,10-11H,4,7-9H2,1-3H3,(H2,13,14,15);1H. The molecule has 3 nitrogen and oxygen atoms in total. The summed E-state index contributed by atoms with van der Waals surface area (Å²) < 4.78 is 0. The van der Waals surface area contributed by atoms with Crippen LogP contribution in [0.5, 0.6) is 0 Å². The molecule has 100 valence electrons. The molecule has 17 heavy (non-hydrogen) atoms. The number of halogens is 1. The van der Waals surface area contributed by atoms with Crippen LogP contribution in [0.15, 0.2) is 17.1 Å². The summed E-state index contributed by atoms with van der Waals surface area (Å²) in [7, 11) is 0. The van der Waals surface area contributed by atoms with Crippen LogP contribution >= 0.6 is 35.7 Å². The van der Waals surface area contributed by atoms with Crippen molar-refractivity contribution in [2.24, 2.45) is 4.99 Å². The fraction of sp³-hybridized carbons (Fsp3) is 0.750. The molecule has 0 aliphatic heterocycles. The summed E-state index contributed by atoms with van der Waals surface area (Å²) in [6.07, 6.45) is 8.81. The average Bonchev–Trinajstić information content (AvgIpc) is 2.78. The summed E-state index contributed by atoms with van der Waals surface area (Å²) in [6.45, 7) is 6.09. The normalized spacial score (nSPS) is 17.7. The van der Waals surface area contributed by atoms with Crippen molar-refractivity contribution in [3.05, 3.63) is 12.2 Å². The fourth-order valence-corrected chi connectivity index (χ4v) is 1.77. The molecule has 0 fully saturated rings. The van der Waals surface area contributed by atoms with Gasteiger partial charge < -0.3 is 10.6 Å². The van der Waals surface area contributed by atoms with Crippen molar-refractivity contribution in [3.8, 4) is 0 Å². The predicted molar refractivity (Wildman–Crippen MR) is 89.7 cm³/mol. The van der Waals surface area contributed by atoms with E-state index in [4.69, 9.17) is 0 Å². The molecule has 0 saturated carbocycles. The Morgan fingerprint density at radius 2 is 2.12 bits per heavy atom. The number of aliphatic imine (C=N–C) groups is 1. The zero-order chi connectivity index (χ0) is 11.8. The number of nitrogens with one attached hydrogen (secondary N) is 2. The lowest BCUT2D eigenvalue weighted by Gasteiger charge is -2.17. The second-order valence-corrected chi connectivity index (χ2v) is 5.33. The lowest BCUT2D eigenvalue weighted by molar-refractivity contribution is 0.633. The zero-order valence-corrected chi connectivity index (χ0v) is 14.0. The van der Waals surface area contributed by atoms with Crippen molar-refractivity contribution in [1.82, 2.24) is 10.6 Å². The molecule has 1 atom stereocenters.